The van der Waals surface area contributed by atoms with E-state index >= 15 is 0 Å². The average Bonchev–Trinajstić information content (AvgIpc) is 3.18. The standard InChI is InChI=1S/C16H23F3N4O/c17-16(18,19)12-23-10-6-20-14(23)11-22-9-2-1-5-13(22)15(24)21-7-3-4-8-21/h6,10,13H,1-5,7-9,11-12H2/t13-/m0/s1. The second-order valence-electron chi connectivity index (χ2n) is 6.60. The number of nitrogens with zero attached hydrogens (tertiary/aromatic N) is 4. The maximum Gasteiger partial charge on any atom is 0.406 e. The number of halogens is 3. The molecule has 0 bridgehead atoms. The molecule has 8 heteroatoms. The average molecular weight is 344 g/mol. The molecule has 0 N–H and O–H groups in total. The molecule has 0 aliphatic carbocycles. The van der Waals surface area contributed by atoms with Crippen LogP contribution in [-0.2, 0) is 17.9 Å². The highest BCUT2D eigenvalue weighted by atomic mass is 19.4. The van der Waals surface area contributed by atoms with E-state index in [1.165, 1.54) is 12.4 Å². The van der Waals surface area contributed by atoms with Gasteiger partial charge in [-0.15, -0.1) is 0 Å². The predicted octanol–water partition coefficient (Wildman–Crippen LogP) is 2.42. The number of carbonyl (C=O) groups is 1. The van der Waals surface area contributed by atoms with Crippen molar-refractivity contribution >= 4 is 5.91 Å². The monoisotopic (exact) mass is 344 g/mol. The zero-order chi connectivity index (χ0) is 17.2. The summed E-state index contributed by atoms with van der Waals surface area (Å²) in [5, 5.41) is 0. The Labute approximate surface area is 139 Å². The van der Waals surface area contributed by atoms with Gasteiger partial charge < -0.3 is 9.47 Å². The lowest BCUT2D eigenvalue weighted by atomic mass is 10.0. The molecule has 2 aliphatic rings. The number of imidazole rings is 1. The van der Waals surface area contributed by atoms with Crippen LogP contribution in [0.15, 0.2) is 12.4 Å². The first-order valence-electron chi connectivity index (χ1n) is 8.53. The van der Waals surface area contributed by atoms with Crippen LogP contribution in [0.4, 0.5) is 13.2 Å². The van der Waals surface area contributed by atoms with Crippen LogP contribution in [0.1, 0.15) is 37.9 Å². The molecule has 1 atom stereocenters. The number of aromatic nitrogens is 2. The van der Waals surface area contributed by atoms with E-state index in [0.717, 1.165) is 56.3 Å². The fourth-order valence-corrected chi connectivity index (χ4v) is 3.62. The molecule has 5 nitrogen and oxygen atoms in total. The van der Waals surface area contributed by atoms with Crippen LogP contribution in [-0.4, -0.2) is 57.1 Å². The summed E-state index contributed by atoms with van der Waals surface area (Å²) in [7, 11) is 0. The summed E-state index contributed by atoms with van der Waals surface area (Å²) in [4.78, 5) is 20.7. The topological polar surface area (TPSA) is 41.4 Å². The number of hydrogen-bond acceptors (Lipinski definition) is 3. The zero-order valence-corrected chi connectivity index (χ0v) is 13.6. The quantitative estimate of drug-likeness (QED) is 0.842. The smallest absolute Gasteiger partial charge is 0.341 e. The molecule has 24 heavy (non-hydrogen) atoms. The molecule has 1 aromatic heterocycles. The minimum Gasteiger partial charge on any atom is -0.341 e. The van der Waals surface area contributed by atoms with Gasteiger partial charge in [0.15, 0.2) is 0 Å². The fourth-order valence-electron chi connectivity index (χ4n) is 3.62. The van der Waals surface area contributed by atoms with Crippen LogP contribution in [0.5, 0.6) is 0 Å². The Bertz CT molecular complexity index is 566. The first-order valence-corrected chi connectivity index (χ1v) is 8.53. The Morgan fingerprint density at radius 3 is 2.58 bits per heavy atom. The minimum absolute atomic E-state index is 0.126. The zero-order valence-electron chi connectivity index (χ0n) is 13.6. The van der Waals surface area contributed by atoms with E-state index in [0.29, 0.717) is 5.82 Å². The van der Waals surface area contributed by atoms with Gasteiger partial charge in [0.25, 0.3) is 0 Å². The lowest BCUT2D eigenvalue weighted by molar-refractivity contribution is -0.142. The lowest BCUT2D eigenvalue weighted by Gasteiger charge is -2.36. The Balaban J connectivity index is 1.70. The van der Waals surface area contributed by atoms with Crippen molar-refractivity contribution in [1.82, 2.24) is 19.4 Å². The third kappa shape index (κ3) is 4.09. The van der Waals surface area contributed by atoms with Gasteiger partial charge in [0.1, 0.15) is 12.4 Å². The van der Waals surface area contributed by atoms with Gasteiger partial charge >= 0.3 is 6.18 Å². The summed E-state index contributed by atoms with van der Waals surface area (Å²) in [6.45, 7) is 1.56. The van der Waals surface area contributed by atoms with Gasteiger partial charge in [-0.1, -0.05) is 6.42 Å². The maximum atomic E-state index is 12.7. The van der Waals surface area contributed by atoms with Crippen molar-refractivity contribution in [3.8, 4) is 0 Å². The van der Waals surface area contributed by atoms with Gasteiger partial charge in [0.2, 0.25) is 5.91 Å². The molecule has 134 valence electrons. The summed E-state index contributed by atoms with van der Waals surface area (Å²) in [6.07, 6.45) is 3.26. The maximum absolute atomic E-state index is 12.7. The minimum atomic E-state index is -4.28. The Morgan fingerprint density at radius 1 is 1.17 bits per heavy atom. The van der Waals surface area contributed by atoms with E-state index < -0.39 is 12.7 Å². The van der Waals surface area contributed by atoms with Crippen LogP contribution < -0.4 is 0 Å². The molecule has 0 unspecified atom stereocenters. The molecule has 0 aromatic carbocycles. The van der Waals surface area contributed by atoms with Crippen molar-refractivity contribution in [2.45, 2.75) is 57.4 Å². The van der Waals surface area contributed by atoms with E-state index in [9.17, 15) is 18.0 Å². The van der Waals surface area contributed by atoms with Crippen LogP contribution in [0, 0.1) is 0 Å². The molecule has 2 aliphatic heterocycles. The molecule has 3 heterocycles. The second-order valence-corrected chi connectivity index (χ2v) is 6.60. The second kappa shape index (κ2) is 7.13. The molecule has 2 fully saturated rings. The van der Waals surface area contributed by atoms with E-state index in [1.807, 2.05) is 9.80 Å². The van der Waals surface area contributed by atoms with Crippen LogP contribution in [0.3, 0.4) is 0 Å². The summed E-state index contributed by atoms with van der Waals surface area (Å²) < 4.78 is 39.1. The van der Waals surface area contributed by atoms with E-state index in [2.05, 4.69) is 4.98 Å². The summed E-state index contributed by atoms with van der Waals surface area (Å²) >= 11 is 0. The molecular formula is C16H23F3N4O. The highest BCUT2D eigenvalue weighted by Crippen LogP contribution is 2.24. The summed E-state index contributed by atoms with van der Waals surface area (Å²) in [6, 6.07) is -0.229. The van der Waals surface area contributed by atoms with Crippen LogP contribution in [0.2, 0.25) is 0 Å². The Hall–Kier alpha value is -1.57. The number of rotatable bonds is 4. The molecule has 0 saturated carbocycles. The highest BCUT2D eigenvalue weighted by Gasteiger charge is 2.34. The normalized spacial score (nSPS) is 23.0. The lowest BCUT2D eigenvalue weighted by Crippen LogP contribution is -2.50. The summed E-state index contributed by atoms with van der Waals surface area (Å²) in [5.74, 6) is 0.495. The number of amides is 1. The van der Waals surface area contributed by atoms with Crippen molar-refractivity contribution in [1.29, 1.82) is 0 Å². The first-order chi connectivity index (χ1) is 11.4. The van der Waals surface area contributed by atoms with Gasteiger partial charge in [-0.05, 0) is 32.2 Å². The predicted molar refractivity (Wildman–Crippen MR) is 82.1 cm³/mol. The van der Waals surface area contributed by atoms with Gasteiger partial charge in [-0.3, -0.25) is 9.69 Å². The van der Waals surface area contributed by atoms with Gasteiger partial charge in [0, 0.05) is 25.5 Å². The van der Waals surface area contributed by atoms with Gasteiger partial charge in [-0.25, -0.2) is 4.98 Å². The first kappa shape index (κ1) is 17.3. The number of likely N-dealkylation sites (tertiary alicyclic amines) is 2. The molecule has 0 radical (unpaired) electrons. The third-order valence-electron chi connectivity index (χ3n) is 4.81. The Morgan fingerprint density at radius 2 is 1.88 bits per heavy atom. The molecule has 2 saturated heterocycles. The van der Waals surface area contributed by atoms with Gasteiger partial charge in [0.05, 0.1) is 12.6 Å². The number of alkyl halides is 3. The molecule has 0 spiro atoms. The number of piperidine rings is 1. The largest absolute Gasteiger partial charge is 0.406 e. The van der Waals surface area contributed by atoms with Crippen LogP contribution >= 0.6 is 0 Å². The highest BCUT2D eigenvalue weighted by molar-refractivity contribution is 5.82. The number of carbonyl (C=O) groups excluding carboxylic acids is 1. The van der Waals surface area contributed by atoms with Crippen LogP contribution in [0.25, 0.3) is 0 Å². The molecular weight excluding hydrogens is 321 g/mol. The fraction of sp³-hybridized carbons (Fsp3) is 0.750. The third-order valence-corrected chi connectivity index (χ3v) is 4.81. The SMILES string of the molecule is O=C([C@@H]1CCCCN1Cc1nccn1CC(F)(F)F)N1CCCC1. The number of hydrogen-bond donors (Lipinski definition) is 0. The van der Waals surface area contributed by atoms with Gasteiger partial charge in [-0.2, -0.15) is 13.2 Å². The summed E-state index contributed by atoms with van der Waals surface area (Å²) in [5.41, 5.74) is 0. The van der Waals surface area contributed by atoms with Crippen molar-refractivity contribution < 1.29 is 18.0 Å². The van der Waals surface area contributed by atoms with Crippen molar-refractivity contribution in [2.75, 3.05) is 19.6 Å². The van der Waals surface area contributed by atoms with Crippen molar-refractivity contribution in [3.05, 3.63) is 18.2 Å². The molecule has 1 amide bonds. The van der Waals surface area contributed by atoms with E-state index in [1.54, 1.807) is 0 Å². The Kier molecular flexibility index (Phi) is 5.12. The molecule has 3 rings (SSSR count). The van der Waals surface area contributed by atoms with Crippen molar-refractivity contribution in [3.63, 3.8) is 0 Å². The van der Waals surface area contributed by atoms with E-state index in [-0.39, 0.29) is 18.5 Å². The van der Waals surface area contributed by atoms with E-state index in [4.69, 9.17) is 0 Å². The molecule has 1 aromatic rings. The van der Waals surface area contributed by atoms with Crippen molar-refractivity contribution in [2.24, 2.45) is 0 Å².